The zero-order valence-corrected chi connectivity index (χ0v) is 7.98. The fourth-order valence-corrected chi connectivity index (χ4v) is 1.12. The van der Waals surface area contributed by atoms with Crippen LogP contribution < -0.4 is 5.32 Å². The zero-order valence-electron chi connectivity index (χ0n) is 7.98. The Morgan fingerprint density at radius 2 is 2.00 bits per heavy atom. The Hall–Kier alpha value is -0.530. The number of amides is 1. The third-order valence-corrected chi connectivity index (χ3v) is 2.15. The fourth-order valence-electron chi connectivity index (χ4n) is 1.12. The van der Waals surface area contributed by atoms with Crippen LogP contribution >= 0.6 is 0 Å². The van der Waals surface area contributed by atoms with Crippen molar-refractivity contribution in [1.82, 2.24) is 5.32 Å². The van der Waals surface area contributed by atoms with E-state index >= 15 is 0 Å². The van der Waals surface area contributed by atoms with Gasteiger partial charge in [-0.15, -0.1) is 0 Å². The number of rotatable bonds is 4. The van der Waals surface area contributed by atoms with Crippen LogP contribution in [-0.4, -0.2) is 13.0 Å². The Kier molecular flexibility index (Phi) is 4.92. The van der Waals surface area contributed by atoms with Gasteiger partial charge < -0.3 is 5.32 Å². The van der Waals surface area contributed by atoms with Crippen molar-refractivity contribution in [2.24, 2.45) is 11.8 Å². The number of hydrogen-bond acceptors (Lipinski definition) is 1. The first-order valence-electron chi connectivity index (χ1n) is 4.33. The van der Waals surface area contributed by atoms with Crippen molar-refractivity contribution in [3.05, 3.63) is 0 Å². The van der Waals surface area contributed by atoms with Crippen LogP contribution in [0.3, 0.4) is 0 Å². The van der Waals surface area contributed by atoms with E-state index in [1.807, 2.05) is 6.92 Å². The molecule has 11 heavy (non-hydrogen) atoms. The van der Waals surface area contributed by atoms with Gasteiger partial charge in [0, 0.05) is 13.0 Å². The molecule has 0 aliphatic carbocycles. The van der Waals surface area contributed by atoms with Gasteiger partial charge in [0.25, 0.3) is 0 Å². The van der Waals surface area contributed by atoms with Crippen LogP contribution in [0.2, 0.25) is 0 Å². The van der Waals surface area contributed by atoms with E-state index < -0.39 is 0 Å². The number of hydrogen-bond donors (Lipinski definition) is 1. The molecule has 0 saturated heterocycles. The third kappa shape index (κ3) is 4.02. The van der Waals surface area contributed by atoms with Crippen molar-refractivity contribution in [3.63, 3.8) is 0 Å². The molecule has 2 heteroatoms. The zero-order chi connectivity index (χ0) is 8.85. The lowest BCUT2D eigenvalue weighted by atomic mass is 9.95. The minimum Gasteiger partial charge on any atom is -0.359 e. The maximum atomic E-state index is 11.1. The molecule has 0 unspecified atom stereocenters. The third-order valence-electron chi connectivity index (χ3n) is 2.15. The maximum Gasteiger partial charge on any atom is 0.222 e. The van der Waals surface area contributed by atoms with Gasteiger partial charge in [0.05, 0.1) is 0 Å². The Labute approximate surface area is 69.4 Å². The van der Waals surface area contributed by atoms with Gasteiger partial charge in [-0.25, -0.2) is 0 Å². The summed E-state index contributed by atoms with van der Waals surface area (Å²) in [5, 5.41) is 2.66. The molecule has 2 atom stereocenters. The maximum absolute atomic E-state index is 11.1. The number of carbonyl (C=O) groups is 1. The van der Waals surface area contributed by atoms with E-state index in [4.69, 9.17) is 0 Å². The van der Waals surface area contributed by atoms with Crippen LogP contribution in [0.15, 0.2) is 0 Å². The summed E-state index contributed by atoms with van der Waals surface area (Å²) in [6.07, 6.45) is 2.15. The summed E-state index contributed by atoms with van der Waals surface area (Å²) < 4.78 is 0. The van der Waals surface area contributed by atoms with Crippen molar-refractivity contribution < 1.29 is 4.79 Å². The predicted octanol–water partition coefficient (Wildman–Crippen LogP) is 1.80. The largest absolute Gasteiger partial charge is 0.359 e. The molecule has 0 radical (unpaired) electrons. The van der Waals surface area contributed by atoms with Crippen LogP contribution in [0, 0.1) is 11.8 Å². The Bertz CT molecular complexity index is 123. The highest BCUT2D eigenvalue weighted by Crippen LogP contribution is 2.14. The topological polar surface area (TPSA) is 29.1 Å². The molecule has 0 heterocycles. The average molecular weight is 157 g/mol. The molecule has 66 valence electrons. The minimum absolute atomic E-state index is 0.158. The predicted molar refractivity (Wildman–Crippen MR) is 47.3 cm³/mol. The highest BCUT2D eigenvalue weighted by molar-refractivity contribution is 5.77. The first-order valence-corrected chi connectivity index (χ1v) is 4.33. The molecule has 1 N–H and O–H groups in total. The molecule has 0 aliphatic heterocycles. The number of nitrogens with one attached hydrogen (secondary N) is 1. The highest BCUT2D eigenvalue weighted by Gasteiger charge is 2.13. The quantitative estimate of drug-likeness (QED) is 0.662. The Balaban J connectivity index is 3.67. The van der Waals surface area contributed by atoms with E-state index in [2.05, 4.69) is 19.2 Å². The number of carbonyl (C=O) groups excluding carboxylic acids is 1. The molecule has 0 aromatic heterocycles. The van der Waals surface area contributed by atoms with Crippen molar-refractivity contribution in [1.29, 1.82) is 0 Å². The van der Waals surface area contributed by atoms with Gasteiger partial charge in [-0.3, -0.25) is 4.79 Å². The van der Waals surface area contributed by atoms with Gasteiger partial charge in [0.15, 0.2) is 0 Å². The van der Waals surface area contributed by atoms with Crippen molar-refractivity contribution in [2.45, 2.75) is 33.6 Å². The van der Waals surface area contributed by atoms with Crippen LogP contribution in [0.1, 0.15) is 33.6 Å². The average Bonchev–Trinajstić information content (AvgIpc) is 2.02. The summed E-state index contributed by atoms with van der Waals surface area (Å²) in [7, 11) is 1.69. The first kappa shape index (κ1) is 10.5. The molecule has 0 rings (SSSR count). The Morgan fingerprint density at radius 1 is 1.45 bits per heavy atom. The van der Waals surface area contributed by atoms with Crippen LogP contribution in [0.5, 0.6) is 0 Å². The van der Waals surface area contributed by atoms with E-state index in [1.54, 1.807) is 7.05 Å². The van der Waals surface area contributed by atoms with E-state index in [0.717, 1.165) is 12.8 Å². The summed E-state index contributed by atoms with van der Waals surface area (Å²) in [5.41, 5.74) is 0. The molecule has 0 bridgehead atoms. The first-order chi connectivity index (χ1) is 5.11. The van der Waals surface area contributed by atoms with Gasteiger partial charge in [0.1, 0.15) is 0 Å². The molecule has 0 aromatic rings. The second kappa shape index (κ2) is 5.16. The highest BCUT2D eigenvalue weighted by atomic mass is 16.1. The molecule has 0 fully saturated rings. The lowest BCUT2D eigenvalue weighted by Gasteiger charge is -2.13. The van der Waals surface area contributed by atoms with Gasteiger partial charge in [0.2, 0.25) is 5.91 Å². The smallest absolute Gasteiger partial charge is 0.222 e. The molecule has 2 nitrogen and oxygen atoms in total. The molecule has 0 spiro atoms. The lowest BCUT2D eigenvalue weighted by Crippen LogP contribution is -2.26. The van der Waals surface area contributed by atoms with Gasteiger partial charge in [-0.1, -0.05) is 27.2 Å². The summed E-state index contributed by atoms with van der Waals surface area (Å²) >= 11 is 0. The van der Waals surface area contributed by atoms with E-state index in [1.165, 1.54) is 0 Å². The molecule has 0 aliphatic rings. The second-order valence-corrected chi connectivity index (χ2v) is 3.26. The summed E-state index contributed by atoms with van der Waals surface area (Å²) in [4.78, 5) is 11.1. The molecule has 0 aromatic carbocycles. The second-order valence-electron chi connectivity index (χ2n) is 3.26. The van der Waals surface area contributed by atoms with E-state index in [0.29, 0.717) is 5.92 Å². The minimum atomic E-state index is 0.158. The van der Waals surface area contributed by atoms with Gasteiger partial charge >= 0.3 is 0 Å². The summed E-state index contributed by atoms with van der Waals surface area (Å²) in [5.74, 6) is 0.975. The van der Waals surface area contributed by atoms with Crippen molar-refractivity contribution in [3.8, 4) is 0 Å². The molecule has 1 amide bonds. The van der Waals surface area contributed by atoms with Gasteiger partial charge in [-0.2, -0.15) is 0 Å². The van der Waals surface area contributed by atoms with Gasteiger partial charge in [-0.05, 0) is 12.3 Å². The standard InChI is InChI=1S/C9H19NO/c1-5-7(2)6-8(3)9(11)10-4/h7-8H,5-6H2,1-4H3,(H,10,11)/t7-,8+/m1/s1. The molecular weight excluding hydrogens is 138 g/mol. The molecular formula is C9H19NO. The van der Waals surface area contributed by atoms with Crippen LogP contribution in [-0.2, 0) is 4.79 Å². The monoisotopic (exact) mass is 157 g/mol. The lowest BCUT2D eigenvalue weighted by molar-refractivity contribution is -0.124. The van der Waals surface area contributed by atoms with Crippen molar-refractivity contribution >= 4 is 5.91 Å². The van der Waals surface area contributed by atoms with Crippen molar-refractivity contribution in [2.75, 3.05) is 7.05 Å². The molecule has 0 saturated carbocycles. The fraction of sp³-hybridized carbons (Fsp3) is 0.889. The van der Waals surface area contributed by atoms with Crippen LogP contribution in [0.4, 0.5) is 0 Å². The Morgan fingerprint density at radius 3 is 2.36 bits per heavy atom. The summed E-state index contributed by atoms with van der Waals surface area (Å²) in [6, 6.07) is 0. The summed E-state index contributed by atoms with van der Waals surface area (Å²) in [6.45, 7) is 6.31. The van der Waals surface area contributed by atoms with Crippen LogP contribution in [0.25, 0.3) is 0 Å². The van der Waals surface area contributed by atoms with E-state index in [-0.39, 0.29) is 11.8 Å². The SMILES string of the molecule is CC[C@@H](C)C[C@H](C)C(=O)NC. The normalized spacial score (nSPS) is 15.6. The van der Waals surface area contributed by atoms with E-state index in [9.17, 15) is 4.79 Å².